The number of H-pyrrole nitrogens is 1. The van der Waals surface area contributed by atoms with Crippen LogP contribution in [0.1, 0.15) is 16.7 Å². The van der Waals surface area contributed by atoms with Crippen LogP contribution in [0.4, 0.5) is 4.79 Å². The van der Waals surface area contributed by atoms with E-state index in [9.17, 15) is 9.59 Å². The molecule has 0 atom stereocenters. The molecule has 2 N–H and O–H groups in total. The normalized spacial score (nSPS) is 10.8. The lowest BCUT2D eigenvalue weighted by Crippen LogP contribution is -2.48. The molecule has 8 nitrogen and oxygen atoms in total. The van der Waals surface area contributed by atoms with Gasteiger partial charge in [0.15, 0.2) is 0 Å². The molecule has 3 aromatic carbocycles. The summed E-state index contributed by atoms with van der Waals surface area (Å²) < 4.78 is 10.8. The van der Waals surface area contributed by atoms with Crippen LogP contribution < -0.4 is 10.1 Å². The number of hydrogen-bond acceptors (Lipinski definition) is 4. The van der Waals surface area contributed by atoms with E-state index in [0.717, 1.165) is 33.3 Å². The smallest absolute Gasteiger partial charge is 0.318 e. The van der Waals surface area contributed by atoms with Gasteiger partial charge in [0.2, 0.25) is 5.91 Å². The standard InChI is InChI=1S/C31H36N4O4/c1-38-19-18-35(31(37)33-20-24-10-4-3-5-11-24)23-30(36)34(22-26-12-6-9-15-29(26)39-2)17-16-25-21-32-28-14-8-7-13-27(25)28/h3-15,21,32H,16-20,22-23H2,1-2H3,(H,33,37). The highest BCUT2D eigenvalue weighted by Crippen LogP contribution is 2.22. The van der Waals surface area contributed by atoms with Gasteiger partial charge in [-0.05, 0) is 29.7 Å². The van der Waals surface area contributed by atoms with Crippen molar-refractivity contribution in [1.29, 1.82) is 0 Å². The fourth-order valence-corrected chi connectivity index (χ4v) is 4.53. The van der Waals surface area contributed by atoms with Crippen LogP contribution in [-0.4, -0.2) is 67.2 Å². The summed E-state index contributed by atoms with van der Waals surface area (Å²) in [5.41, 5.74) is 4.10. The zero-order valence-electron chi connectivity index (χ0n) is 22.6. The maximum Gasteiger partial charge on any atom is 0.318 e. The van der Waals surface area contributed by atoms with Gasteiger partial charge in [-0.2, -0.15) is 0 Å². The molecule has 4 rings (SSSR count). The van der Waals surface area contributed by atoms with Crippen LogP contribution >= 0.6 is 0 Å². The molecule has 0 aliphatic carbocycles. The number of ether oxygens (including phenoxy) is 2. The third kappa shape index (κ3) is 7.61. The Bertz CT molecular complexity index is 1350. The van der Waals surface area contributed by atoms with Gasteiger partial charge in [-0.25, -0.2) is 4.79 Å². The quantitative estimate of drug-likeness (QED) is 0.265. The monoisotopic (exact) mass is 528 g/mol. The van der Waals surface area contributed by atoms with E-state index in [1.54, 1.807) is 19.1 Å². The molecule has 8 heteroatoms. The lowest BCUT2D eigenvalue weighted by Gasteiger charge is -2.28. The number of para-hydroxylation sites is 2. The molecule has 3 amide bonds. The highest BCUT2D eigenvalue weighted by molar-refractivity contribution is 5.85. The van der Waals surface area contributed by atoms with E-state index in [1.807, 2.05) is 79.0 Å². The lowest BCUT2D eigenvalue weighted by molar-refractivity contribution is -0.132. The molecule has 0 aliphatic heterocycles. The summed E-state index contributed by atoms with van der Waals surface area (Å²) >= 11 is 0. The first-order valence-corrected chi connectivity index (χ1v) is 13.1. The average Bonchev–Trinajstić information content (AvgIpc) is 3.39. The number of nitrogens with one attached hydrogen (secondary N) is 2. The topological polar surface area (TPSA) is 86.9 Å². The van der Waals surface area contributed by atoms with Crippen LogP contribution in [-0.2, 0) is 29.0 Å². The van der Waals surface area contributed by atoms with E-state index in [2.05, 4.69) is 16.4 Å². The molecular formula is C31H36N4O4. The van der Waals surface area contributed by atoms with Crippen LogP contribution in [0.15, 0.2) is 85.1 Å². The van der Waals surface area contributed by atoms with Crippen molar-refractivity contribution in [2.45, 2.75) is 19.5 Å². The number of fused-ring (bicyclic) bond motifs is 1. The molecule has 39 heavy (non-hydrogen) atoms. The van der Waals surface area contributed by atoms with Crippen LogP contribution in [0, 0.1) is 0 Å². The van der Waals surface area contributed by atoms with Crippen molar-refractivity contribution in [3.05, 3.63) is 102 Å². The first-order chi connectivity index (χ1) is 19.1. The van der Waals surface area contributed by atoms with Gasteiger partial charge >= 0.3 is 6.03 Å². The number of hydrogen-bond donors (Lipinski definition) is 2. The zero-order chi connectivity index (χ0) is 27.5. The van der Waals surface area contributed by atoms with E-state index in [4.69, 9.17) is 9.47 Å². The number of carbonyl (C=O) groups excluding carboxylic acids is 2. The molecule has 0 aliphatic rings. The molecule has 1 heterocycles. The SMILES string of the molecule is COCCN(CC(=O)N(CCc1c[nH]c2ccccc12)Cc1ccccc1OC)C(=O)NCc1ccccc1. The molecule has 0 saturated carbocycles. The fraction of sp³-hybridized carbons (Fsp3) is 0.290. The van der Waals surface area contributed by atoms with Gasteiger partial charge in [-0.1, -0.05) is 66.7 Å². The van der Waals surface area contributed by atoms with E-state index >= 15 is 0 Å². The van der Waals surface area contributed by atoms with Gasteiger partial charge in [0.25, 0.3) is 0 Å². The number of aromatic nitrogens is 1. The third-order valence-corrected chi connectivity index (χ3v) is 6.70. The largest absolute Gasteiger partial charge is 0.496 e. The van der Waals surface area contributed by atoms with Crippen molar-refractivity contribution in [2.24, 2.45) is 0 Å². The fourth-order valence-electron chi connectivity index (χ4n) is 4.53. The maximum atomic E-state index is 13.7. The Kier molecular flexibility index (Phi) is 9.97. The molecule has 4 aromatic rings. The van der Waals surface area contributed by atoms with Crippen molar-refractivity contribution in [2.75, 3.05) is 40.5 Å². The Balaban J connectivity index is 1.50. The van der Waals surface area contributed by atoms with E-state index in [0.29, 0.717) is 39.2 Å². The Labute approximate surface area is 229 Å². The first-order valence-electron chi connectivity index (χ1n) is 13.1. The number of urea groups is 1. The van der Waals surface area contributed by atoms with E-state index in [-0.39, 0.29) is 18.5 Å². The second-order valence-electron chi connectivity index (χ2n) is 9.30. The molecule has 0 spiro atoms. The first kappa shape index (κ1) is 27.7. The number of methoxy groups -OCH3 is 2. The summed E-state index contributed by atoms with van der Waals surface area (Å²) in [5, 5.41) is 4.07. The number of aromatic amines is 1. The van der Waals surface area contributed by atoms with Crippen LogP contribution in [0.25, 0.3) is 10.9 Å². The molecular weight excluding hydrogens is 492 g/mol. The minimum absolute atomic E-state index is 0.0625. The molecule has 0 fully saturated rings. The minimum atomic E-state index is -0.307. The molecule has 0 bridgehead atoms. The number of rotatable bonds is 13. The van der Waals surface area contributed by atoms with Gasteiger partial charge < -0.3 is 29.6 Å². The van der Waals surface area contributed by atoms with Gasteiger partial charge in [0, 0.05) is 56.0 Å². The van der Waals surface area contributed by atoms with Gasteiger partial charge in [0.1, 0.15) is 12.3 Å². The van der Waals surface area contributed by atoms with Crippen LogP contribution in [0.2, 0.25) is 0 Å². The van der Waals surface area contributed by atoms with Crippen LogP contribution in [0.5, 0.6) is 5.75 Å². The maximum absolute atomic E-state index is 13.7. The van der Waals surface area contributed by atoms with Crippen molar-refractivity contribution < 1.29 is 19.1 Å². The number of amides is 3. The summed E-state index contributed by atoms with van der Waals surface area (Å²) in [6.07, 6.45) is 2.67. The average molecular weight is 529 g/mol. The molecule has 0 saturated heterocycles. The van der Waals surface area contributed by atoms with Crippen molar-refractivity contribution in [3.8, 4) is 5.75 Å². The predicted octanol–water partition coefficient (Wildman–Crippen LogP) is 4.61. The second kappa shape index (κ2) is 14.0. The molecule has 0 radical (unpaired) electrons. The Morgan fingerprint density at radius 2 is 1.59 bits per heavy atom. The summed E-state index contributed by atoms with van der Waals surface area (Å²) in [6.45, 7) is 1.80. The number of benzene rings is 3. The highest BCUT2D eigenvalue weighted by atomic mass is 16.5. The number of carbonyl (C=O) groups is 2. The highest BCUT2D eigenvalue weighted by Gasteiger charge is 2.22. The van der Waals surface area contributed by atoms with Crippen LogP contribution in [0.3, 0.4) is 0 Å². The van der Waals surface area contributed by atoms with Crippen molar-refractivity contribution in [3.63, 3.8) is 0 Å². The third-order valence-electron chi connectivity index (χ3n) is 6.70. The lowest BCUT2D eigenvalue weighted by atomic mass is 10.1. The summed E-state index contributed by atoms with van der Waals surface area (Å²) in [7, 11) is 3.21. The Morgan fingerprint density at radius 3 is 2.38 bits per heavy atom. The Morgan fingerprint density at radius 1 is 0.846 bits per heavy atom. The predicted molar refractivity (Wildman–Crippen MR) is 153 cm³/mol. The summed E-state index contributed by atoms with van der Waals surface area (Å²) in [4.78, 5) is 33.4. The zero-order valence-corrected chi connectivity index (χ0v) is 22.6. The molecule has 204 valence electrons. The summed E-state index contributed by atoms with van der Waals surface area (Å²) in [5.74, 6) is 0.575. The van der Waals surface area contributed by atoms with Gasteiger partial charge in [0.05, 0.1) is 13.7 Å². The summed E-state index contributed by atoms with van der Waals surface area (Å²) in [6, 6.07) is 25.2. The number of nitrogens with zero attached hydrogens (tertiary/aromatic N) is 2. The molecule has 0 unspecified atom stereocenters. The Hall–Kier alpha value is -4.30. The van der Waals surface area contributed by atoms with E-state index < -0.39 is 0 Å². The van der Waals surface area contributed by atoms with Gasteiger partial charge in [-0.15, -0.1) is 0 Å². The van der Waals surface area contributed by atoms with Crippen molar-refractivity contribution >= 4 is 22.8 Å². The van der Waals surface area contributed by atoms with E-state index in [1.165, 1.54) is 4.90 Å². The van der Waals surface area contributed by atoms with Crippen molar-refractivity contribution in [1.82, 2.24) is 20.1 Å². The molecule has 1 aromatic heterocycles. The van der Waals surface area contributed by atoms with Gasteiger partial charge in [-0.3, -0.25) is 4.79 Å². The second-order valence-corrected chi connectivity index (χ2v) is 9.30. The minimum Gasteiger partial charge on any atom is -0.496 e.